The molecule has 3 heterocycles. The molecule has 356 valence electrons. The molecule has 2 nitrogen and oxygen atoms in total. The van der Waals surface area contributed by atoms with Crippen molar-refractivity contribution in [2.24, 2.45) is 0 Å². The molecule has 0 saturated heterocycles. The van der Waals surface area contributed by atoms with Gasteiger partial charge >= 0.3 is 6.85 Å². The summed E-state index contributed by atoms with van der Waals surface area (Å²) in [5.41, 5.74) is 32.3. The summed E-state index contributed by atoms with van der Waals surface area (Å²) in [4.78, 5) is 2.79. The van der Waals surface area contributed by atoms with Crippen LogP contribution in [0.2, 0.25) is 0 Å². The van der Waals surface area contributed by atoms with Crippen LogP contribution in [0.1, 0.15) is 154 Å². The Morgan fingerprint density at radius 1 is 0.417 bits per heavy atom. The molecule has 0 unspecified atom stereocenters. The van der Waals surface area contributed by atoms with Crippen molar-refractivity contribution >= 4 is 51.0 Å². The van der Waals surface area contributed by atoms with Crippen molar-refractivity contribution in [2.75, 3.05) is 4.81 Å². The number of hydrogen-bond acceptors (Lipinski definition) is 1. The molecule has 1 aromatic heterocycles. The summed E-state index contributed by atoms with van der Waals surface area (Å²) < 4.78 is 2.74. The van der Waals surface area contributed by atoms with Crippen LogP contribution >= 0.6 is 0 Å². The first-order chi connectivity index (χ1) is 33.9. The molecule has 0 atom stereocenters. The van der Waals surface area contributed by atoms with Crippen molar-refractivity contribution in [1.29, 1.82) is 0 Å². The van der Waals surface area contributed by atoms with Gasteiger partial charge in [0.25, 0.3) is 0 Å². The van der Waals surface area contributed by atoms with Crippen LogP contribution in [-0.4, -0.2) is 11.4 Å². The number of aromatic nitrogens is 1. The van der Waals surface area contributed by atoms with E-state index in [1.165, 1.54) is 144 Å². The fourth-order valence-electron chi connectivity index (χ4n) is 14.6. The third-order valence-corrected chi connectivity index (χ3v) is 18.6. The number of benzene rings is 8. The van der Waals surface area contributed by atoms with Gasteiger partial charge < -0.3 is 9.38 Å². The van der Waals surface area contributed by atoms with Gasteiger partial charge in [-0.1, -0.05) is 195 Å². The number of fused-ring (bicyclic) bond motifs is 19. The number of anilines is 2. The summed E-state index contributed by atoms with van der Waals surface area (Å²) in [5, 5.41) is 2.75. The topological polar surface area (TPSA) is 8.17 Å². The SMILES string of the molecule is CC(C)(C)c1ccc(N2B3c4cc5c(cc4-n4c6ccc(C(C)(C)C)cc6c6c7c(c(c3c64)-c3cc4c(cc32)-c2cc(C(C)(C)C)ccc2C4(C)C)C(C)(C)c2ccccc2-7)C(C)(C)c2ccccc2-5)cc1. The van der Waals surface area contributed by atoms with E-state index >= 15 is 0 Å². The third-order valence-electron chi connectivity index (χ3n) is 18.6. The average molecular weight is 935 g/mol. The molecule has 0 saturated carbocycles. The van der Waals surface area contributed by atoms with E-state index in [-0.39, 0.29) is 39.3 Å². The Morgan fingerprint density at radius 3 is 1.62 bits per heavy atom. The standard InChI is InChI=1S/C69H67BN2/c1-64(2,3)38-24-28-41(29-25-38)72-56-36-46-44-32-39(65(4,5)6)26-30-51(44)68(12,13)52(46)34-48(56)60-61-58(43-21-17-19-23-50(43)69(61,14)15)59-47-33-40(66(7,8)9)27-31-55(47)71-57-37-53-45(35-54(57)70(72)62(60)63(59)71)42-20-16-18-22-49(42)67(53,10)11/h16-37H,1-15H3. The largest absolute Gasteiger partial charge is 0.376 e. The minimum absolute atomic E-state index is 0.0180. The van der Waals surface area contributed by atoms with Crippen LogP contribution < -0.4 is 15.7 Å². The van der Waals surface area contributed by atoms with Crippen LogP contribution in [0.5, 0.6) is 0 Å². The third kappa shape index (κ3) is 5.43. The molecule has 5 aliphatic rings. The summed E-state index contributed by atoms with van der Waals surface area (Å²) in [5.74, 6) is 0. The van der Waals surface area contributed by atoms with Crippen molar-refractivity contribution in [2.45, 2.75) is 136 Å². The van der Waals surface area contributed by atoms with Gasteiger partial charge in [-0.15, -0.1) is 0 Å². The number of hydrogen-bond donors (Lipinski definition) is 0. The Labute approximate surface area is 428 Å². The van der Waals surface area contributed by atoms with Crippen molar-refractivity contribution in [3.05, 3.63) is 184 Å². The zero-order valence-corrected chi connectivity index (χ0v) is 45.2. The van der Waals surface area contributed by atoms with E-state index in [4.69, 9.17) is 0 Å². The molecule has 3 heteroatoms. The fourth-order valence-corrected chi connectivity index (χ4v) is 14.6. The molecule has 0 bridgehead atoms. The van der Waals surface area contributed by atoms with Gasteiger partial charge in [0.15, 0.2) is 0 Å². The molecule has 72 heavy (non-hydrogen) atoms. The molecular weight excluding hydrogens is 868 g/mol. The molecule has 0 fully saturated rings. The van der Waals surface area contributed by atoms with Crippen molar-refractivity contribution in [3.8, 4) is 50.2 Å². The molecule has 9 aromatic rings. The van der Waals surface area contributed by atoms with Crippen LogP contribution in [0.4, 0.5) is 11.4 Å². The first kappa shape index (κ1) is 44.2. The molecule has 2 aliphatic heterocycles. The Balaban J connectivity index is 1.22. The number of nitrogens with zero attached hydrogens (tertiary/aromatic N) is 2. The second-order valence-electron chi connectivity index (χ2n) is 27.0. The molecule has 3 aliphatic carbocycles. The highest BCUT2D eigenvalue weighted by Gasteiger charge is 2.52. The average Bonchev–Trinajstić information content (AvgIpc) is 3.95. The summed E-state index contributed by atoms with van der Waals surface area (Å²) >= 11 is 0. The van der Waals surface area contributed by atoms with Crippen LogP contribution in [-0.2, 0) is 32.5 Å². The van der Waals surface area contributed by atoms with E-state index in [1.807, 2.05) is 0 Å². The minimum Gasteiger partial charge on any atom is -0.376 e. The Hall–Kier alpha value is -6.58. The lowest BCUT2D eigenvalue weighted by molar-refractivity contribution is 0.589. The summed E-state index contributed by atoms with van der Waals surface area (Å²) in [6.45, 7) is 35.9. The summed E-state index contributed by atoms with van der Waals surface area (Å²) in [7, 11) is 0. The molecule has 0 N–H and O–H groups in total. The Bertz CT molecular complexity index is 3940. The van der Waals surface area contributed by atoms with Crippen molar-refractivity contribution in [3.63, 3.8) is 0 Å². The van der Waals surface area contributed by atoms with E-state index in [0.29, 0.717) is 0 Å². The van der Waals surface area contributed by atoms with Crippen molar-refractivity contribution in [1.82, 2.24) is 4.57 Å². The van der Waals surface area contributed by atoms with Gasteiger partial charge in [-0.2, -0.15) is 0 Å². The van der Waals surface area contributed by atoms with Gasteiger partial charge in [0.05, 0.1) is 11.0 Å². The van der Waals surface area contributed by atoms with Gasteiger partial charge in [0.2, 0.25) is 0 Å². The van der Waals surface area contributed by atoms with Gasteiger partial charge in [-0.05, 0) is 159 Å². The molecule has 0 radical (unpaired) electrons. The Kier molecular flexibility index (Phi) is 8.29. The lowest BCUT2D eigenvalue weighted by Gasteiger charge is -2.44. The second kappa shape index (κ2) is 13.5. The van der Waals surface area contributed by atoms with Crippen molar-refractivity contribution < 1.29 is 0 Å². The molecule has 14 rings (SSSR count). The first-order valence-electron chi connectivity index (χ1n) is 26.7. The van der Waals surface area contributed by atoms with Gasteiger partial charge in [0.1, 0.15) is 0 Å². The monoisotopic (exact) mass is 935 g/mol. The summed E-state index contributed by atoms with van der Waals surface area (Å²) in [6.07, 6.45) is 0. The van der Waals surface area contributed by atoms with Gasteiger partial charge in [-0.25, -0.2) is 0 Å². The maximum absolute atomic E-state index is 2.79. The zero-order valence-electron chi connectivity index (χ0n) is 45.2. The van der Waals surface area contributed by atoms with E-state index in [0.717, 1.165) is 0 Å². The normalized spacial score (nSPS) is 16.8. The van der Waals surface area contributed by atoms with Crippen LogP contribution in [0.25, 0.3) is 72.0 Å². The van der Waals surface area contributed by atoms with E-state index in [9.17, 15) is 0 Å². The smallest absolute Gasteiger partial charge is 0.333 e. The predicted molar refractivity (Wildman–Crippen MR) is 309 cm³/mol. The van der Waals surface area contributed by atoms with Gasteiger partial charge in [-0.3, -0.25) is 0 Å². The lowest BCUT2D eigenvalue weighted by atomic mass is 9.43. The van der Waals surface area contributed by atoms with E-state index in [1.54, 1.807) is 0 Å². The molecule has 8 aromatic carbocycles. The molecular formula is C69H67BN2. The molecule has 0 spiro atoms. The maximum Gasteiger partial charge on any atom is 0.333 e. The molecule has 0 amide bonds. The van der Waals surface area contributed by atoms with E-state index in [2.05, 4.69) is 247 Å². The predicted octanol–water partition coefficient (Wildman–Crippen LogP) is 16.8. The number of rotatable bonds is 1. The highest BCUT2D eigenvalue weighted by Crippen LogP contribution is 2.62. The zero-order chi connectivity index (χ0) is 50.3. The fraction of sp³-hybridized carbons (Fsp3) is 0.304. The van der Waals surface area contributed by atoms with E-state index < -0.39 is 0 Å². The summed E-state index contributed by atoms with van der Waals surface area (Å²) in [6, 6.07) is 53.7. The maximum atomic E-state index is 2.79. The highest BCUT2D eigenvalue weighted by molar-refractivity contribution is 6.94. The Morgan fingerprint density at radius 2 is 0.958 bits per heavy atom. The first-order valence-corrected chi connectivity index (χ1v) is 26.7. The van der Waals surface area contributed by atoms with Gasteiger partial charge in [0, 0.05) is 49.6 Å². The minimum atomic E-state index is -0.277. The lowest BCUT2D eigenvalue weighted by Crippen LogP contribution is -2.61. The van der Waals surface area contributed by atoms with Crippen LogP contribution in [0.3, 0.4) is 0 Å². The highest BCUT2D eigenvalue weighted by atomic mass is 15.1. The van der Waals surface area contributed by atoms with Crippen LogP contribution in [0.15, 0.2) is 133 Å². The van der Waals surface area contributed by atoms with Crippen LogP contribution in [0, 0.1) is 0 Å². The quantitative estimate of drug-likeness (QED) is 0.149. The second-order valence-corrected chi connectivity index (χ2v) is 27.0.